The van der Waals surface area contributed by atoms with E-state index in [4.69, 9.17) is 0 Å². The number of halogens is 3. The summed E-state index contributed by atoms with van der Waals surface area (Å²) < 4.78 is 40.0. The maximum Gasteiger partial charge on any atom is 0.433 e. The van der Waals surface area contributed by atoms with E-state index in [0.717, 1.165) is 22.4 Å². The van der Waals surface area contributed by atoms with Crippen LogP contribution in [-0.2, 0) is 6.18 Å². The molecule has 4 rings (SSSR count). The van der Waals surface area contributed by atoms with Crippen LogP contribution in [0.1, 0.15) is 5.69 Å². The quantitative estimate of drug-likeness (QED) is 0.387. The van der Waals surface area contributed by atoms with E-state index in [1.165, 1.54) is 0 Å². The number of nitrogens with zero attached hydrogens (tertiary/aromatic N) is 1. The lowest BCUT2D eigenvalue weighted by Crippen LogP contribution is -2.08. The molecule has 1 heterocycles. The fourth-order valence-corrected chi connectivity index (χ4v) is 2.96. The Morgan fingerprint density at radius 2 is 1.42 bits per heavy atom. The van der Waals surface area contributed by atoms with Crippen molar-refractivity contribution in [3.05, 3.63) is 78.5 Å². The van der Waals surface area contributed by atoms with E-state index in [9.17, 15) is 13.2 Å². The van der Waals surface area contributed by atoms with Gasteiger partial charge < -0.3 is 0 Å². The molecule has 0 amide bonds. The number of hydrogen-bond acceptors (Lipinski definition) is 1. The Labute approximate surface area is 136 Å². The highest BCUT2D eigenvalue weighted by atomic mass is 19.4. The van der Waals surface area contributed by atoms with Gasteiger partial charge in [-0.05, 0) is 22.6 Å². The second-order valence-electron chi connectivity index (χ2n) is 5.60. The minimum absolute atomic E-state index is 0.377. The first kappa shape index (κ1) is 14.7. The van der Waals surface area contributed by atoms with Crippen molar-refractivity contribution in [1.29, 1.82) is 0 Å². The zero-order valence-electron chi connectivity index (χ0n) is 12.5. The van der Waals surface area contributed by atoms with Crippen molar-refractivity contribution in [3.8, 4) is 11.1 Å². The van der Waals surface area contributed by atoms with Gasteiger partial charge in [0.05, 0.1) is 5.52 Å². The van der Waals surface area contributed by atoms with Gasteiger partial charge in [-0.25, -0.2) is 4.98 Å². The predicted molar refractivity (Wildman–Crippen MR) is 89.7 cm³/mol. The molecule has 4 heteroatoms. The molecule has 0 radical (unpaired) electrons. The maximum atomic E-state index is 13.3. The summed E-state index contributed by atoms with van der Waals surface area (Å²) in [6.07, 6.45) is -4.49. The molecular formula is C20H12F3N. The number of fused-ring (bicyclic) bond motifs is 3. The van der Waals surface area contributed by atoms with Crippen LogP contribution in [0.5, 0.6) is 0 Å². The second kappa shape index (κ2) is 5.34. The number of rotatable bonds is 1. The molecule has 0 spiro atoms. The molecule has 0 aliphatic rings. The average Bonchev–Trinajstić information content (AvgIpc) is 2.60. The van der Waals surface area contributed by atoms with Crippen molar-refractivity contribution in [2.45, 2.75) is 6.18 Å². The molecule has 118 valence electrons. The van der Waals surface area contributed by atoms with E-state index in [1.54, 1.807) is 6.07 Å². The Balaban J connectivity index is 2.16. The van der Waals surface area contributed by atoms with E-state index in [1.807, 2.05) is 60.7 Å². The molecule has 1 nitrogen and oxygen atoms in total. The van der Waals surface area contributed by atoms with Gasteiger partial charge in [0.25, 0.3) is 0 Å². The van der Waals surface area contributed by atoms with Gasteiger partial charge in [-0.2, -0.15) is 13.2 Å². The monoisotopic (exact) mass is 323 g/mol. The first-order chi connectivity index (χ1) is 11.5. The zero-order chi connectivity index (χ0) is 16.7. The summed E-state index contributed by atoms with van der Waals surface area (Å²) >= 11 is 0. The fraction of sp³-hybridized carbons (Fsp3) is 0.0500. The van der Waals surface area contributed by atoms with Crippen molar-refractivity contribution >= 4 is 21.7 Å². The Hall–Kier alpha value is -2.88. The Morgan fingerprint density at radius 1 is 0.708 bits per heavy atom. The van der Waals surface area contributed by atoms with Gasteiger partial charge in [-0.15, -0.1) is 0 Å². The number of pyridine rings is 1. The molecule has 0 atom stereocenters. The van der Waals surface area contributed by atoms with Crippen LogP contribution in [0.25, 0.3) is 32.8 Å². The lowest BCUT2D eigenvalue weighted by Gasteiger charge is -2.13. The Kier molecular flexibility index (Phi) is 3.27. The van der Waals surface area contributed by atoms with E-state index in [2.05, 4.69) is 4.98 Å². The fourth-order valence-electron chi connectivity index (χ4n) is 2.96. The largest absolute Gasteiger partial charge is 0.433 e. The van der Waals surface area contributed by atoms with Gasteiger partial charge in [0.2, 0.25) is 0 Å². The summed E-state index contributed by atoms with van der Waals surface area (Å²) in [6.45, 7) is 0. The topological polar surface area (TPSA) is 12.9 Å². The van der Waals surface area contributed by atoms with Crippen LogP contribution in [0.2, 0.25) is 0 Å². The third kappa shape index (κ3) is 2.40. The minimum atomic E-state index is -4.49. The van der Waals surface area contributed by atoms with E-state index in [0.29, 0.717) is 16.5 Å². The highest BCUT2D eigenvalue weighted by molar-refractivity contribution is 6.10. The van der Waals surface area contributed by atoms with Crippen LogP contribution in [0.4, 0.5) is 13.2 Å². The summed E-state index contributed by atoms with van der Waals surface area (Å²) in [5.74, 6) is 0. The lowest BCUT2D eigenvalue weighted by atomic mass is 9.97. The van der Waals surface area contributed by atoms with E-state index < -0.39 is 11.9 Å². The molecule has 0 aliphatic carbocycles. The van der Waals surface area contributed by atoms with Crippen LogP contribution in [0, 0.1) is 0 Å². The Morgan fingerprint density at radius 3 is 2.17 bits per heavy atom. The molecule has 0 unspecified atom stereocenters. The number of benzene rings is 3. The smallest absolute Gasteiger partial charge is 0.243 e. The van der Waals surface area contributed by atoms with Gasteiger partial charge >= 0.3 is 6.18 Å². The van der Waals surface area contributed by atoms with Crippen LogP contribution >= 0.6 is 0 Å². The normalized spacial score (nSPS) is 12.0. The molecule has 0 aliphatic heterocycles. The number of hydrogen-bond donors (Lipinski definition) is 0. The molecule has 0 bridgehead atoms. The van der Waals surface area contributed by atoms with Crippen LogP contribution in [0.15, 0.2) is 72.8 Å². The van der Waals surface area contributed by atoms with Gasteiger partial charge in [0, 0.05) is 10.8 Å². The first-order valence-electron chi connectivity index (χ1n) is 7.49. The highest BCUT2D eigenvalue weighted by Crippen LogP contribution is 2.37. The molecule has 1 aromatic heterocycles. The van der Waals surface area contributed by atoms with Crippen molar-refractivity contribution in [3.63, 3.8) is 0 Å². The molecule has 0 fully saturated rings. The SMILES string of the molecule is FC(F)(F)c1cc(-c2ccccc2)c2ccc3ccccc3c2n1. The number of alkyl halides is 3. The highest BCUT2D eigenvalue weighted by Gasteiger charge is 2.33. The molecule has 0 saturated carbocycles. The third-order valence-corrected chi connectivity index (χ3v) is 4.08. The average molecular weight is 323 g/mol. The van der Waals surface area contributed by atoms with Crippen LogP contribution in [0.3, 0.4) is 0 Å². The van der Waals surface area contributed by atoms with E-state index >= 15 is 0 Å². The Bertz CT molecular complexity index is 1040. The minimum Gasteiger partial charge on any atom is -0.243 e. The standard InChI is InChI=1S/C20H12F3N/c21-20(22,23)18-12-17(13-6-2-1-3-7-13)16-11-10-14-8-4-5-9-15(14)19(16)24-18/h1-12H. The summed E-state index contributed by atoms with van der Waals surface area (Å²) in [5, 5.41) is 2.31. The molecule has 0 N–H and O–H groups in total. The summed E-state index contributed by atoms with van der Waals surface area (Å²) in [7, 11) is 0. The summed E-state index contributed by atoms with van der Waals surface area (Å²) in [5.41, 5.74) is 0.788. The number of aromatic nitrogens is 1. The van der Waals surface area contributed by atoms with Crippen molar-refractivity contribution in [2.75, 3.05) is 0 Å². The molecular weight excluding hydrogens is 311 g/mol. The first-order valence-corrected chi connectivity index (χ1v) is 7.49. The molecule has 3 aromatic carbocycles. The van der Waals surface area contributed by atoms with Crippen LogP contribution in [-0.4, -0.2) is 4.98 Å². The third-order valence-electron chi connectivity index (χ3n) is 4.08. The van der Waals surface area contributed by atoms with Crippen molar-refractivity contribution in [1.82, 2.24) is 4.98 Å². The molecule has 24 heavy (non-hydrogen) atoms. The van der Waals surface area contributed by atoms with Crippen molar-refractivity contribution < 1.29 is 13.2 Å². The maximum absolute atomic E-state index is 13.3. The van der Waals surface area contributed by atoms with Gasteiger partial charge in [-0.1, -0.05) is 66.7 Å². The molecule has 4 aromatic rings. The summed E-state index contributed by atoms with van der Waals surface area (Å²) in [4.78, 5) is 3.94. The van der Waals surface area contributed by atoms with Gasteiger partial charge in [0.15, 0.2) is 0 Å². The second-order valence-corrected chi connectivity index (χ2v) is 5.60. The van der Waals surface area contributed by atoms with Gasteiger partial charge in [0.1, 0.15) is 5.69 Å². The lowest BCUT2D eigenvalue weighted by molar-refractivity contribution is -0.140. The molecule has 0 saturated heterocycles. The van der Waals surface area contributed by atoms with E-state index in [-0.39, 0.29) is 0 Å². The predicted octanol–water partition coefficient (Wildman–Crippen LogP) is 6.07. The van der Waals surface area contributed by atoms with Gasteiger partial charge in [-0.3, -0.25) is 0 Å². The van der Waals surface area contributed by atoms with Crippen LogP contribution < -0.4 is 0 Å². The summed E-state index contributed by atoms with van der Waals surface area (Å²) in [6, 6.07) is 21.3. The van der Waals surface area contributed by atoms with Crippen molar-refractivity contribution in [2.24, 2.45) is 0 Å². The zero-order valence-corrected chi connectivity index (χ0v) is 12.5.